The lowest BCUT2D eigenvalue weighted by atomic mass is 10.0. The number of rotatable bonds is 8. The van der Waals surface area contributed by atoms with Crippen LogP contribution in [-0.4, -0.2) is 5.78 Å². The monoisotopic (exact) mass is 570 g/mol. The standard InChI is InChI=1S/C31H24Br2O/c32-29-17-13-25(14-18-29)3-1-23-5-9-27(10-6-23)21-31(34)22-28-11-7-24(8-12-28)2-4-26-15-19-30(33)20-16-26/h1-20H,21-22H2. The second kappa shape index (κ2) is 11.9. The van der Waals surface area contributed by atoms with E-state index in [0.29, 0.717) is 12.8 Å². The number of halogens is 2. The summed E-state index contributed by atoms with van der Waals surface area (Å²) in [6, 6.07) is 32.8. The van der Waals surface area contributed by atoms with E-state index in [4.69, 9.17) is 0 Å². The van der Waals surface area contributed by atoms with Crippen LogP contribution in [0.2, 0.25) is 0 Å². The fraction of sp³-hybridized carbons (Fsp3) is 0.0645. The molecule has 0 saturated carbocycles. The minimum atomic E-state index is 0.219. The molecule has 0 atom stereocenters. The van der Waals surface area contributed by atoms with Gasteiger partial charge in [0.2, 0.25) is 0 Å². The maximum atomic E-state index is 12.6. The summed E-state index contributed by atoms with van der Waals surface area (Å²) in [7, 11) is 0. The molecule has 0 heterocycles. The van der Waals surface area contributed by atoms with Gasteiger partial charge < -0.3 is 0 Å². The van der Waals surface area contributed by atoms with Crippen molar-refractivity contribution >= 4 is 61.9 Å². The van der Waals surface area contributed by atoms with Crippen LogP contribution < -0.4 is 0 Å². The molecule has 0 aliphatic carbocycles. The average Bonchev–Trinajstić information content (AvgIpc) is 2.85. The van der Waals surface area contributed by atoms with E-state index >= 15 is 0 Å². The highest BCUT2D eigenvalue weighted by Gasteiger charge is 2.05. The Morgan fingerprint density at radius 3 is 1.03 bits per heavy atom. The molecule has 0 aliphatic heterocycles. The zero-order valence-electron chi connectivity index (χ0n) is 18.6. The Labute approximate surface area is 218 Å². The first-order valence-electron chi connectivity index (χ1n) is 11.1. The minimum Gasteiger partial charge on any atom is -0.299 e. The van der Waals surface area contributed by atoms with Crippen molar-refractivity contribution in [2.75, 3.05) is 0 Å². The molecule has 0 amide bonds. The number of hydrogen-bond acceptors (Lipinski definition) is 1. The molecule has 0 spiro atoms. The van der Waals surface area contributed by atoms with Crippen LogP contribution in [0.3, 0.4) is 0 Å². The van der Waals surface area contributed by atoms with Gasteiger partial charge in [-0.1, -0.05) is 129 Å². The van der Waals surface area contributed by atoms with Crippen LogP contribution in [0.4, 0.5) is 0 Å². The summed E-state index contributed by atoms with van der Waals surface area (Å²) >= 11 is 6.91. The number of benzene rings is 4. The van der Waals surface area contributed by atoms with Crippen LogP contribution in [0.5, 0.6) is 0 Å². The maximum absolute atomic E-state index is 12.6. The van der Waals surface area contributed by atoms with Crippen LogP contribution in [-0.2, 0) is 17.6 Å². The number of hydrogen-bond donors (Lipinski definition) is 0. The van der Waals surface area contributed by atoms with Gasteiger partial charge in [-0.3, -0.25) is 4.79 Å². The first kappa shape index (κ1) is 24.1. The van der Waals surface area contributed by atoms with E-state index in [1.54, 1.807) is 0 Å². The average molecular weight is 572 g/mol. The Kier molecular flexibility index (Phi) is 8.46. The van der Waals surface area contributed by atoms with Crippen LogP contribution >= 0.6 is 31.9 Å². The molecule has 0 aromatic heterocycles. The Morgan fingerprint density at radius 1 is 0.471 bits per heavy atom. The SMILES string of the molecule is O=C(Cc1ccc(C=Cc2ccc(Br)cc2)cc1)Cc1ccc(C=Cc2ccc(Br)cc2)cc1. The highest BCUT2D eigenvalue weighted by Crippen LogP contribution is 2.16. The van der Waals surface area contributed by atoms with Crippen molar-refractivity contribution in [3.8, 4) is 0 Å². The van der Waals surface area contributed by atoms with Gasteiger partial charge in [0.1, 0.15) is 5.78 Å². The van der Waals surface area contributed by atoms with E-state index < -0.39 is 0 Å². The molecule has 3 heteroatoms. The molecular formula is C31H24Br2O. The molecule has 0 aliphatic rings. The third kappa shape index (κ3) is 7.51. The van der Waals surface area contributed by atoms with E-state index in [2.05, 4.69) is 105 Å². The summed E-state index contributed by atoms with van der Waals surface area (Å²) in [4.78, 5) is 12.6. The number of Topliss-reactive ketones (excluding diaryl/α,β-unsaturated/α-hetero) is 1. The smallest absolute Gasteiger partial charge is 0.141 e. The normalized spacial score (nSPS) is 11.4. The summed E-state index contributed by atoms with van der Waals surface area (Å²) in [5.41, 5.74) is 6.62. The highest BCUT2D eigenvalue weighted by atomic mass is 79.9. The largest absolute Gasteiger partial charge is 0.299 e. The molecule has 4 aromatic carbocycles. The van der Waals surface area contributed by atoms with Gasteiger partial charge in [0, 0.05) is 21.8 Å². The van der Waals surface area contributed by atoms with Gasteiger partial charge in [-0.15, -0.1) is 0 Å². The van der Waals surface area contributed by atoms with Crippen LogP contribution in [0.1, 0.15) is 33.4 Å². The second-order valence-corrected chi connectivity index (χ2v) is 9.98. The van der Waals surface area contributed by atoms with E-state index in [1.807, 2.05) is 48.5 Å². The van der Waals surface area contributed by atoms with Crippen molar-refractivity contribution in [1.82, 2.24) is 0 Å². The predicted molar refractivity (Wildman–Crippen MR) is 151 cm³/mol. The topological polar surface area (TPSA) is 17.1 Å². The maximum Gasteiger partial charge on any atom is 0.141 e. The van der Waals surface area contributed by atoms with E-state index in [0.717, 1.165) is 42.3 Å². The molecule has 4 aromatic rings. The summed E-state index contributed by atoms with van der Waals surface area (Å²) in [6.07, 6.45) is 9.24. The molecule has 0 bridgehead atoms. The first-order valence-corrected chi connectivity index (χ1v) is 12.7. The lowest BCUT2D eigenvalue weighted by Crippen LogP contribution is -2.06. The molecule has 0 unspecified atom stereocenters. The molecule has 168 valence electrons. The quantitative estimate of drug-likeness (QED) is 0.193. The molecule has 0 saturated heterocycles. The Morgan fingerprint density at radius 2 is 0.735 bits per heavy atom. The third-order valence-electron chi connectivity index (χ3n) is 5.44. The van der Waals surface area contributed by atoms with Gasteiger partial charge in [-0.25, -0.2) is 0 Å². The van der Waals surface area contributed by atoms with Crippen LogP contribution in [0, 0.1) is 0 Å². The van der Waals surface area contributed by atoms with Crippen molar-refractivity contribution < 1.29 is 4.79 Å². The van der Waals surface area contributed by atoms with Crippen molar-refractivity contribution in [3.05, 3.63) is 139 Å². The zero-order chi connectivity index (χ0) is 23.8. The van der Waals surface area contributed by atoms with Crippen molar-refractivity contribution in [1.29, 1.82) is 0 Å². The fourth-order valence-electron chi connectivity index (χ4n) is 3.54. The van der Waals surface area contributed by atoms with Crippen LogP contribution in [0.15, 0.2) is 106 Å². The van der Waals surface area contributed by atoms with Gasteiger partial charge in [0.05, 0.1) is 0 Å². The van der Waals surface area contributed by atoms with E-state index in [1.165, 1.54) is 0 Å². The molecule has 34 heavy (non-hydrogen) atoms. The van der Waals surface area contributed by atoms with E-state index in [-0.39, 0.29) is 5.78 Å². The molecular weight excluding hydrogens is 548 g/mol. The zero-order valence-corrected chi connectivity index (χ0v) is 21.8. The lowest BCUT2D eigenvalue weighted by Gasteiger charge is -2.04. The van der Waals surface area contributed by atoms with Gasteiger partial charge in [-0.05, 0) is 57.6 Å². The summed E-state index contributed by atoms with van der Waals surface area (Å²) in [5.74, 6) is 0.219. The summed E-state index contributed by atoms with van der Waals surface area (Å²) in [6.45, 7) is 0. The Hall–Kier alpha value is -3.01. The van der Waals surface area contributed by atoms with Gasteiger partial charge in [0.25, 0.3) is 0 Å². The number of carbonyl (C=O) groups excluding carboxylic acids is 1. The summed E-state index contributed by atoms with van der Waals surface area (Å²) < 4.78 is 2.14. The van der Waals surface area contributed by atoms with Crippen molar-refractivity contribution in [3.63, 3.8) is 0 Å². The first-order chi connectivity index (χ1) is 16.5. The molecule has 0 fully saturated rings. The predicted octanol–water partition coefficient (Wildman–Crippen LogP) is 8.91. The van der Waals surface area contributed by atoms with Crippen LogP contribution in [0.25, 0.3) is 24.3 Å². The number of ketones is 1. The molecule has 0 radical (unpaired) electrons. The Bertz CT molecular complexity index is 1180. The van der Waals surface area contributed by atoms with Crippen molar-refractivity contribution in [2.45, 2.75) is 12.8 Å². The van der Waals surface area contributed by atoms with Gasteiger partial charge in [-0.2, -0.15) is 0 Å². The number of carbonyl (C=O) groups is 1. The highest BCUT2D eigenvalue weighted by molar-refractivity contribution is 9.10. The Balaban J connectivity index is 1.29. The third-order valence-corrected chi connectivity index (χ3v) is 6.50. The minimum absolute atomic E-state index is 0.219. The second-order valence-electron chi connectivity index (χ2n) is 8.15. The van der Waals surface area contributed by atoms with Gasteiger partial charge in [0.15, 0.2) is 0 Å². The molecule has 1 nitrogen and oxygen atoms in total. The van der Waals surface area contributed by atoms with Gasteiger partial charge >= 0.3 is 0 Å². The van der Waals surface area contributed by atoms with E-state index in [9.17, 15) is 4.79 Å². The molecule has 0 N–H and O–H groups in total. The lowest BCUT2D eigenvalue weighted by molar-refractivity contribution is -0.117. The van der Waals surface area contributed by atoms with Crippen molar-refractivity contribution in [2.24, 2.45) is 0 Å². The summed E-state index contributed by atoms with van der Waals surface area (Å²) in [5, 5.41) is 0. The fourth-order valence-corrected chi connectivity index (χ4v) is 4.07. The molecule has 4 rings (SSSR count).